The van der Waals surface area contributed by atoms with E-state index in [1.807, 2.05) is 11.4 Å². The molecule has 0 saturated carbocycles. The van der Waals surface area contributed by atoms with E-state index in [9.17, 15) is 14.4 Å². The highest BCUT2D eigenvalue weighted by Gasteiger charge is 2.46. The number of hydrogen-bond donors (Lipinski definition) is 2. The molecule has 1 aromatic rings. The van der Waals surface area contributed by atoms with Gasteiger partial charge in [-0.1, -0.05) is 0 Å². The summed E-state index contributed by atoms with van der Waals surface area (Å²) in [6.07, 6.45) is -1.12. The van der Waals surface area contributed by atoms with Crippen molar-refractivity contribution < 1.29 is 24.6 Å². The zero-order chi connectivity index (χ0) is 14.2. The smallest absolute Gasteiger partial charge is 0.414 e. The molecule has 2 heterocycles. The monoisotopic (exact) mass is 347 g/mol. The summed E-state index contributed by atoms with van der Waals surface area (Å²) < 4.78 is 0.892. The number of likely N-dealkylation sites (tertiary alicyclic amines) is 1. The van der Waals surface area contributed by atoms with E-state index in [0.717, 1.165) is 9.35 Å². The van der Waals surface area contributed by atoms with Gasteiger partial charge in [0.25, 0.3) is 0 Å². The van der Waals surface area contributed by atoms with Gasteiger partial charge in [0.2, 0.25) is 5.91 Å². The normalized spacial score (nSPS) is 22.8. The van der Waals surface area contributed by atoms with Crippen molar-refractivity contribution in [2.75, 3.05) is 0 Å². The molecule has 2 N–H and O–H groups in total. The minimum Gasteiger partial charge on any atom is -0.480 e. The molecule has 1 aliphatic heterocycles. The summed E-state index contributed by atoms with van der Waals surface area (Å²) in [6.45, 7) is 0. The van der Waals surface area contributed by atoms with Crippen LogP contribution in [0.4, 0.5) is 4.79 Å². The number of carbonyl (C=O) groups excluding carboxylic acids is 1. The molecular weight excluding hydrogens is 338 g/mol. The zero-order valence-corrected chi connectivity index (χ0v) is 12.0. The van der Waals surface area contributed by atoms with Gasteiger partial charge >= 0.3 is 12.1 Å². The molecule has 1 aromatic heterocycles. The van der Waals surface area contributed by atoms with Crippen LogP contribution in [0.25, 0.3) is 0 Å². The van der Waals surface area contributed by atoms with E-state index in [-0.39, 0.29) is 6.42 Å². The van der Waals surface area contributed by atoms with Crippen molar-refractivity contribution in [2.24, 2.45) is 5.92 Å². The summed E-state index contributed by atoms with van der Waals surface area (Å²) in [5.41, 5.74) is 0. The highest BCUT2D eigenvalue weighted by atomic mass is 79.9. The van der Waals surface area contributed by atoms with Crippen LogP contribution in [0.1, 0.15) is 11.3 Å². The quantitative estimate of drug-likeness (QED) is 0.872. The summed E-state index contributed by atoms with van der Waals surface area (Å²) in [4.78, 5) is 35.3. The third-order valence-electron chi connectivity index (χ3n) is 2.97. The number of imide groups is 1. The molecule has 0 aromatic carbocycles. The Bertz CT molecular complexity index is 543. The van der Waals surface area contributed by atoms with Gasteiger partial charge in [-0.05, 0) is 34.8 Å². The van der Waals surface area contributed by atoms with E-state index in [4.69, 9.17) is 10.2 Å². The first-order valence-corrected chi connectivity index (χ1v) is 7.09. The van der Waals surface area contributed by atoms with Crippen LogP contribution < -0.4 is 0 Å². The fourth-order valence-corrected chi connectivity index (χ4v) is 3.67. The Balaban J connectivity index is 2.17. The molecule has 2 rings (SSSR count). The summed E-state index contributed by atoms with van der Waals surface area (Å²) >= 11 is 4.74. The minimum absolute atomic E-state index is 0.0238. The molecule has 1 aliphatic rings. The second kappa shape index (κ2) is 5.30. The lowest BCUT2D eigenvalue weighted by atomic mass is 10.0. The van der Waals surface area contributed by atoms with Gasteiger partial charge in [0, 0.05) is 20.6 Å². The van der Waals surface area contributed by atoms with Crippen molar-refractivity contribution in [2.45, 2.75) is 18.9 Å². The molecular formula is C11H10BrNO5S. The molecule has 1 fully saturated rings. The maximum Gasteiger partial charge on any atom is 0.414 e. The number of carboxylic acid groups (broad SMARTS) is 2. The number of carboxylic acids is 1. The first kappa shape index (κ1) is 14.0. The first-order chi connectivity index (χ1) is 8.90. The van der Waals surface area contributed by atoms with Crippen molar-refractivity contribution in [1.29, 1.82) is 0 Å². The van der Waals surface area contributed by atoms with E-state index >= 15 is 0 Å². The van der Waals surface area contributed by atoms with Gasteiger partial charge in [0.05, 0.1) is 0 Å². The zero-order valence-electron chi connectivity index (χ0n) is 9.58. The van der Waals surface area contributed by atoms with E-state index in [2.05, 4.69) is 15.9 Å². The van der Waals surface area contributed by atoms with Crippen LogP contribution in [0.15, 0.2) is 15.9 Å². The van der Waals surface area contributed by atoms with Crippen LogP contribution in [-0.4, -0.2) is 39.1 Å². The van der Waals surface area contributed by atoms with E-state index in [1.165, 1.54) is 11.3 Å². The van der Waals surface area contributed by atoms with E-state index in [1.54, 1.807) is 0 Å². The number of thiophene rings is 1. The highest BCUT2D eigenvalue weighted by molar-refractivity contribution is 9.10. The number of amides is 2. The Morgan fingerprint density at radius 2 is 2.16 bits per heavy atom. The number of nitrogens with zero attached hydrogens (tertiary/aromatic N) is 1. The Labute approximate surface area is 120 Å². The average molecular weight is 348 g/mol. The number of rotatable bonds is 3. The van der Waals surface area contributed by atoms with Crippen molar-refractivity contribution >= 4 is 45.2 Å². The predicted octanol–water partition coefficient (Wildman–Crippen LogP) is 2.03. The van der Waals surface area contributed by atoms with Crippen LogP contribution in [0.5, 0.6) is 0 Å². The van der Waals surface area contributed by atoms with Gasteiger partial charge in [-0.15, -0.1) is 11.3 Å². The van der Waals surface area contributed by atoms with Crippen molar-refractivity contribution in [1.82, 2.24) is 4.90 Å². The molecule has 0 bridgehead atoms. The Kier molecular flexibility index (Phi) is 3.91. The van der Waals surface area contributed by atoms with Gasteiger partial charge in [0.15, 0.2) is 0 Å². The van der Waals surface area contributed by atoms with Crippen LogP contribution >= 0.6 is 27.3 Å². The molecule has 2 atom stereocenters. The predicted molar refractivity (Wildman–Crippen MR) is 70.1 cm³/mol. The molecule has 0 aliphatic carbocycles. The topological polar surface area (TPSA) is 94.9 Å². The molecule has 0 spiro atoms. The molecule has 2 unspecified atom stereocenters. The number of halogens is 1. The standard InChI is InChI=1S/C11H10BrNO5S/c12-6-3-7(19-4-6)1-5-2-8(10(15)16)13(9(5)14)11(17)18/h3-5,8H,1-2H2,(H,15,16)(H,17,18). The molecule has 0 radical (unpaired) electrons. The van der Waals surface area contributed by atoms with Crippen molar-refractivity contribution in [3.63, 3.8) is 0 Å². The second-order valence-electron chi connectivity index (χ2n) is 4.21. The molecule has 8 heteroatoms. The minimum atomic E-state index is -1.51. The third kappa shape index (κ3) is 2.79. The Morgan fingerprint density at radius 3 is 2.58 bits per heavy atom. The summed E-state index contributed by atoms with van der Waals surface area (Å²) in [7, 11) is 0. The largest absolute Gasteiger partial charge is 0.480 e. The van der Waals surface area contributed by atoms with Gasteiger partial charge in [0.1, 0.15) is 6.04 Å². The van der Waals surface area contributed by atoms with Crippen molar-refractivity contribution in [3.05, 3.63) is 20.8 Å². The van der Waals surface area contributed by atoms with Gasteiger partial charge in [-0.2, -0.15) is 0 Å². The van der Waals surface area contributed by atoms with Crippen LogP contribution in [-0.2, 0) is 16.0 Å². The average Bonchev–Trinajstić information content (AvgIpc) is 2.84. The SMILES string of the molecule is O=C(O)C1CC(Cc2cc(Br)cs2)C(=O)N1C(=O)O. The van der Waals surface area contributed by atoms with Crippen LogP contribution in [0, 0.1) is 5.92 Å². The lowest BCUT2D eigenvalue weighted by Gasteiger charge is -2.14. The first-order valence-electron chi connectivity index (χ1n) is 5.42. The van der Waals surface area contributed by atoms with E-state index < -0.39 is 29.9 Å². The maximum absolute atomic E-state index is 11.9. The maximum atomic E-state index is 11.9. The Morgan fingerprint density at radius 1 is 1.47 bits per heavy atom. The molecule has 102 valence electrons. The van der Waals surface area contributed by atoms with Crippen LogP contribution in [0.2, 0.25) is 0 Å². The van der Waals surface area contributed by atoms with Gasteiger partial charge in [-0.3, -0.25) is 4.79 Å². The molecule has 6 nitrogen and oxygen atoms in total. The van der Waals surface area contributed by atoms with E-state index in [0.29, 0.717) is 11.3 Å². The second-order valence-corrected chi connectivity index (χ2v) is 6.12. The molecule has 2 amide bonds. The summed E-state index contributed by atoms with van der Waals surface area (Å²) in [5.74, 6) is -2.52. The van der Waals surface area contributed by atoms with Crippen molar-refractivity contribution in [3.8, 4) is 0 Å². The third-order valence-corrected chi connectivity index (χ3v) is 4.69. The molecule has 1 saturated heterocycles. The van der Waals surface area contributed by atoms with Crippen LogP contribution in [0.3, 0.4) is 0 Å². The Hall–Kier alpha value is -1.41. The number of hydrogen-bond acceptors (Lipinski definition) is 4. The van der Waals surface area contributed by atoms with Gasteiger partial charge in [-0.25, -0.2) is 14.5 Å². The highest BCUT2D eigenvalue weighted by Crippen LogP contribution is 2.31. The fourth-order valence-electron chi connectivity index (χ4n) is 2.14. The lowest BCUT2D eigenvalue weighted by Crippen LogP contribution is -2.42. The molecule has 19 heavy (non-hydrogen) atoms. The summed E-state index contributed by atoms with van der Waals surface area (Å²) in [6, 6.07) is 0.565. The number of aliphatic carboxylic acids is 1. The number of carbonyl (C=O) groups is 3. The fraction of sp³-hybridized carbons (Fsp3) is 0.364. The summed E-state index contributed by atoms with van der Waals surface area (Å²) in [5, 5.41) is 19.8. The van der Waals surface area contributed by atoms with Gasteiger partial charge < -0.3 is 10.2 Å². The lowest BCUT2D eigenvalue weighted by molar-refractivity contribution is -0.145.